The van der Waals surface area contributed by atoms with Gasteiger partial charge in [0.15, 0.2) is 5.13 Å². The van der Waals surface area contributed by atoms with Gasteiger partial charge in [0.1, 0.15) is 0 Å². The Bertz CT molecular complexity index is 1350. The average Bonchev–Trinajstić information content (AvgIpc) is 3.30. The summed E-state index contributed by atoms with van der Waals surface area (Å²) in [4.78, 5) is 22.4. The molecule has 0 radical (unpaired) electrons. The molecule has 0 bridgehead atoms. The van der Waals surface area contributed by atoms with Gasteiger partial charge in [-0.3, -0.25) is 4.79 Å². The van der Waals surface area contributed by atoms with E-state index in [9.17, 15) is 13.2 Å². The summed E-state index contributed by atoms with van der Waals surface area (Å²) in [5.74, 6) is 0.383. The molecule has 2 aromatic carbocycles. The van der Waals surface area contributed by atoms with Crippen molar-refractivity contribution >= 4 is 42.6 Å². The maximum atomic E-state index is 13.3. The third-order valence-corrected chi connectivity index (χ3v) is 9.71. The number of carbonyl (C=O) groups is 1. The monoisotopic (exact) mass is 542 g/mol. The third kappa shape index (κ3) is 5.99. The summed E-state index contributed by atoms with van der Waals surface area (Å²) in [6, 6.07) is 10.7. The highest BCUT2D eigenvalue weighted by molar-refractivity contribution is 7.89. The highest BCUT2D eigenvalue weighted by Gasteiger charge is 2.28. The summed E-state index contributed by atoms with van der Waals surface area (Å²) in [6.45, 7) is 15.9. The van der Waals surface area contributed by atoms with Crippen molar-refractivity contribution in [2.45, 2.75) is 46.4 Å². The van der Waals surface area contributed by atoms with Gasteiger partial charge >= 0.3 is 0 Å². The summed E-state index contributed by atoms with van der Waals surface area (Å²) in [7, 11) is -3.62. The molecule has 0 spiro atoms. The van der Waals surface area contributed by atoms with Crippen LogP contribution in [0.5, 0.6) is 0 Å². The maximum absolute atomic E-state index is 13.3. The predicted molar refractivity (Wildman–Crippen MR) is 152 cm³/mol. The minimum absolute atomic E-state index is 0.0689. The molecular formula is C28H38N4O3S2. The minimum atomic E-state index is -3.62. The Hall–Kier alpha value is -2.49. The zero-order valence-corrected chi connectivity index (χ0v) is 24.3. The first-order valence-electron chi connectivity index (χ1n) is 13.0. The van der Waals surface area contributed by atoms with Gasteiger partial charge in [-0.25, -0.2) is 13.4 Å². The van der Waals surface area contributed by atoms with Crippen LogP contribution in [0.15, 0.2) is 41.3 Å². The van der Waals surface area contributed by atoms with Crippen molar-refractivity contribution in [1.82, 2.24) is 14.2 Å². The van der Waals surface area contributed by atoms with Crippen LogP contribution in [-0.2, 0) is 10.0 Å². The number of aryl methyl sites for hydroxylation is 2. The summed E-state index contributed by atoms with van der Waals surface area (Å²) in [5, 5.41) is 0.998. The maximum Gasteiger partial charge on any atom is 0.253 e. The fourth-order valence-corrected chi connectivity index (χ4v) is 7.48. The molecule has 1 aliphatic rings. The molecule has 4 rings (SSSR count). The van der Waals surface area contributed by atoms with E-state index in [0.717, 1.165) is 23.7 Å². The number of hydrogen-bond donors (Lipinski definition) is 0. The fourth-order valence-electron chi connectivity index (χ4n) is 4.64. The lowest BCUT2D eigenvalue weighted by molar-refractivity contribution is 0.0746. The molecule has 2 heterocycles. The molecule has 1 saturated heterocycles. The van der Waals surface area contributed by atoms with E-state index in [-0.39, 0.29) is 22.6 Å². The molecule has 1 aliphatic heterocycles. The number of aromatic nitrogens is 1. The lowest BCUT2D eigenvalue weighted by Crippen LogP contribution is -2.48. The molecule has 37 heavy (non-hydrogen) atoms. The molecule has 0 atom stereocenters. The Kier molecular flexibility index (Phi) is 8.26. The van der Waals surface area contributed by atoms with Crippen LogP contribution in [0.1, 0.15) is 49.2 Å². The van der Waals surface area contributed by atoms with Crippen LogP contribution in [0.25, 0.3) is 10.2 Å². The average molecular weight is 543 g/mol. The second-order valence-electron chi connectivity index (χ2n) is 10.8. The van der Waals surface area contributed by atoms with Gasteiger partial charge in [0.25, 0.3) is 5.91 Å². The number of piperazine rings is 1. The van der Waals surface area contributed by atoms with Gasteiger partial charge in [-0.15, -0.1) is 0 Å². The van der Waals surface area contributed by atoms with Crippen LogP contribution < -0.4 is 4.90 Å². The first kappa shape index (κ1) is 27.5. The first-order chi connectivity index (χ1) is 17.5. The van der Waals surface area contributed by atoms with Crippen LogP contribution in [-0.4, -0.2) is 67.8 Å². The van der Waals surface area contributed by atoms with E-state index in [0.29, 0.717) is 31.7 Å². The standard InChI is InChI=1S/C28H38N4O3S2/c1-19(2)17-32(18-20(3)4)37(34,35)24-10-8-23(9-11-24)27(33)30-13-15-31(16-14-30)28-29-26-22(6)21(5)7-12-25(26)36-28/h7-12,19-20H,13-18H2,1-6H3. The lowest BCUT2D eigenvalue weighted by Gasteiger charge is -2.34. The zero-order valence-electron chi connectivity index (χ0n) is 22.7. The van der Waals surface area contributed by atoms with Gasteiger partial charge < -0.3 is 9.80 Å². The van der Waals surface area contributed by atoms with Gasteiger partial charge in [0.05, 0.1) is 15.1 Å². The smallest absolute Gasteiger partial charge is 0.253 e. The van der Waals surface area contributed by atoms with Crippen molar-refractivity contribution < 1.29 is 13.2 Å². The van der Waals surface area contributed by atoms with E-state index in [2.05, 4.69) is 30.9 Å². The molecular weight excluding hydrogens is 504 g/mol. The number of carbonyl (C=O) groups excluding carboxylic acids is 1. The normalized spacial score (nSPS) is 14.9. The van der Waals surface area contributed by atoms with Crippen molar-refractivity contribution in [3.05, 3.63) is 53.1 Å². The number of nitrogens with zero attached hydrogens (tertiary/aromatic N) is 4. The summed E-state index contributed by atoms with van der Waals surface area (Å²) >= 11 is 1.70. The van der Waals surface area contributed by atoms with E-state index in [1.54, 1.807) is 39.9 Å². The van der Waals surface area contributed by atoms with Crippen molar-refractivity contribution in [2.75, 3.05) is 44.2 Å². The van der Waals surface area contributed by atoms with E-state index in [4.69, 9.17) is 4.98 Å². The Morgan fingerprint density at radius 3 is 2.11 bits per heavy atom. The van der Waals surface area contributed by atoms with Crippen molar-refractivity contribution in [1.29, 1.82) is 0 Å². The molecule has 1 amide bonds. The number of amides is 1. The number of thiazole rings is 1. The Labute approximate surface area is 225 Å². The topological polar surface area (TPSA) is 73.8 Å². The minimum Gasteiger partial charge on any atom is -0.345 e. The van der Waals surface area contributed by atoms with Gasteiger partial charge in [-0.1, -0.05) is 45.1 Å². The molecule has 7 nitrogen and oxygen atoms in total. The lowest BCUT2D eigenvalue weighted by atomic mass is 10.1. The number of fused-ring (bicyclic) bond motifs is 1. The Morgan fingerprint density at radius 1 is 0.946 bits per heavy atom. The van der Waals surface area contributed by atoms with Gasteiger partial charge in [-0.05, 0) is 67.1 Å². The number of benzene rings is 2. The van der Waals surface area contributed by atoms with Crippen LogP contribution in [0.3, 0.4) is 0 Å². The highest BCUT2D eigenvalue weighted by Crippen LogP contribution is 2.32. The zero-order chi connectivity index (χ0) is 26.9. The SMILES string of the molecule is Cc1ccc2sc(N3CCN(C(=O)c4ccc(S(=O)(=O)N(CC(C)C)CC(C)C)cc4)CC3)nc2c1C. The van der Waals surface area contributed by atoms with Crippen molar-refractivity contribution in [3.63, 3.8) is 0 Å². The summed E-state index contributed by atoms with van der Waals surface area (Å²) < 4.78 is 29.3. The van der Waals surface area contributed by atoms with Gasteiger partial charge in [0.2, 0.25) is 10.0 Å². The van der Waals surface area contributed by atoms with E-state index in [1.165, 1.54) is 15.8 Å². The quantitative estimate of drug-likeness (QED) is 0.392. The third-order valence-electron chi connectivity index (χ3n) is 6.79. The molecule has 0 aliphatic carbocycles. The Morgan fingerprint density at radius 2 is 1.54 bits per heavy atom. The number of sulfonamides is 1. The number of hydrogen-bond acceptors (Lipinski definition) is 6. The Balaban J connectivity index is 1.42. The van der Waals surface area contributed by atoms with E-state index >= 15 is 0 Å². The van der Waals surface area contributed by atoms with Gasteiger partial charge in [0, 0.05) is 44.8 Å². The first-order valence-corrected chi connectivity index (χ1v) is 15.2. The van der Waals surface area contributed by atoms with Crippen molar-refractivity contribution in [3.8, 4) is 0 Å². The molecule has 200 valence electrons. The largest absolute Gasteiger partial charge is 0.345 e. The van der Waals surface area contributed by atoms with Crippen LogP contribution in [0, 0.1) is 25.7 Å². The van der Waals surface area contributed by atoms with E-state index in [1.807, 2.05) is 32.6 Å². The predicted octanol–water partition coefficient (Wildman–Crippen LogP) is 5.18. The molecule has 0 saturated carbocycles. The second-order valence-corrected chi connectivity index (χ2v) is 13.7. The molecule has 0 N–H and O–H groups in total. The van der Waals surface area contributed by atoms with Gasteiger partial charge in [-0.2, -0.15) is 4.31 Å². The molecule has 0 unspecified atom stereocenters. The summed E-state index contributed by atoms with van der Waals surface area (Å²) in [6.07, 6.45) is 0. The number of anilines is 1. The number of rotatable bonds is 8. The summed E-state index contributed by atoms with van der Waals surface area (Å²) in [5.41, 5.74) is 4.04. The van der Waals surface area contributed by atoms with Crippen LogP contribution in [0.4, 0.5) is 5.13 Å². The molecule has 9 heteroatoms. The van der Waals surface area contributed by atoms with Crippen LogP contribution >= 0.6 is 11.3 Å². The van der Waals surface area contributed by atoms with Crippen molar-refractivity contribution in [2.24, 2.45) is 11.8 Å². The second kappa shape index (κ2) is 11.1. The highest BCUT2D eigenvalue weighted by atomic mass is 32.2. The fraction of sp³-hybridized carbons (Fsp3) is 0.500. The van der Waals surface area contributed by atoms with Crippen LogP contribution in [0.2, 0.25) is 0 Å². The molecule has 1 aromatic heterocycles. The molecule has 3 aromatic rings. The van der Waals surface area contributed by atoms with E-state index < -0.39 is 10.0 Å². The molecule has 1 fully saturated rings.